The van der Waals surface area contributed by atoms with Gasteiger partial charge in [-0.05, 0) is 39.0 Å². The summed E-state index contributed by atoms with van der Waals surface area (Å²) in [4.78, 5) is 0. The molecular formula is C13H23NO. The van der Waals surface area contributed by atoms with Gasteiger partial charge in [0, 0.05) is 24.1 Å². The van der Waals surface area contributed by atoms with E-state index in [-0.39, 0.29) is 0 Å². The summed E-state index contributed by atoms with van der Waals surface area (Å²) in [6, 6.07) is 1.63. The smallest absolute Gasteiger partial charge is 0.0661 e. The lowest BCUT2D eigenvalue weighted by Gasteiger charge is -2.62. The van der Waals surface area contributed by atoms with Crippen LogP contribution in [0.3, 0.4) is 0 Å². The van der Waals surface area contributed by atoms with Crippen LogP contribution >= 0.6 is 0 Å². The summed E-state index contributed by atoms with van der Waals surface area (Å²) >= 11 is 0. The normalized spacial score (nSPS) is 38.2. The maximum Gasteiger partial charge on any atom is 0.0661 e. The molecule has 0 bridgehead atoms. The van der Waals surface area contributed by atoms with Crippen molar-refractivity contribution in [1.82, 2.24) is 5.32 Å². The zero-order valence-electron chi connectivity index (χ0n) is 9.80. The lowest BCUT2D eigenvalue weighted by Crippen LogP contribution is -2.68. The Labute approximate surface area is 92.8 Å². The molecule has 0 aromatic heterocycles. The third-order valence-corrected chi connectivity index (χ3v) is 4.98. The minimum atomic E-state index is 0.561. The van der Waals surface area contributed by atoms with E-state index in [0.29, 0.717) is 11.5 Å². The van der Waals surface area contributed by atoms with Gasteiger partial charge in [-0.1, -0.05) is 12.8 Å². The Morgan fingerprint density at radius 2 is 2.07 bits per heavy atom. The second-order valence-corrected chi connectivity index (χ2v) is 5.61. The van der Waals surface area contributed by atoms with Crippen LogP contribution in [0.1, 0.15) is 51.9 Å². The fraction of sp³-hybridized carbons (Fsp3) is 1.00. The first kappa shape index (κ1) is 10.1. The van der Waals surface area contributed by atoms with E-state index in [1.54, 1.807) is 0 Å². The topological polar surface area (TPSA) is 21.3 Å². The summed E-state index contributed by atoms with van der Waals surface area (Å²) in [6.07, 6.45) is 10.3. The molecule has 2 heteroatoms. The van der Waals surface area contributed by atoms with E-state index in [2.05, 4.69) is 12.2 Å². The van der Waals surface area contributed by atoms with E-state index in [0.717, 1.165) is 18.7 Å². The third kappa shape index (κ3) is 1.45. The molecule has 0 heterocycles. The molecule has 3 saturated carbocycles. The Balaban J connectivity index is 1.56. The first-order chi connectivity index (χ1) is 7.35. The van der Waals surface area contributed by atoms with Crippen LogP contribution in [0.4, 0.5) is 0 Å². The summed E-state index contributed by atoms with van der Waals surface area (Å²) in [6.45, 7) is 3.02. The molecule has 1 spiro atoms. The van der Waals surface area contributed by atoms with Crippen molar-refractivity contribution >= 4 is 0 Å². The second kappa shape index (κ2) is 3.74. The maximum atomic E-state index is 5.86. The van der Waals surface area contributed by atoms with Gasteiger partial charge in [0.2, 0.25) is 0 Å². The molecule has 3 rings (SSSR count). The molecule has 3 aliphatic carbocycles. The largest absolute Gasteiger partial charge is 0.378 e. The molecular weight excluding hydrogens is 186 g/mol. The van der Waals surface area contributed by atoms with Crippen molar-refractivity contribution < 1.29 is 4.74 Å². The van der Waals surface area contributed by atoms with Gasteiger partial charge in [-0.2, -0.15) is 0 Å². The van der Waals surface area contributed by atoms with Crippen molar-refractivity contribution in [2.45, 2.75) is 70.1 Å². The van der Waals surface area contributed by atoms with Crippen LogP contribution in [0.5, 0.6) is 0 Å². The van der Waals surface area contributed by atoms with E-state index in [9.17, 15) is 0 Å². The predicted molar refractivity (Wildman–Crippen MR) is 60.9 cm³/mol. The zero-order chi connectivity index (χ0) is 10.3. The van der Waals surface area contributed by atoms with Gasteiger partial charge in [0.25, 0.3) is 0 Å². The second-order valence-electron chi connectivity index (χ2n) is 5.61. The lowest BCUT2D eigenvalue weighted by atomic mass is 9.50. The molecule has 3 fully saturated rings. The quantitative estimate of drug-likeness (QED) is 0.768. The molecule has 0 radical (unpaired) electrons. The fourth-order valence-electron chi connectivity index (χ4n) is 3.53. The Kier molecular flexibility index (Phi) is 2.52. The van der Waals surface area contributed by atoms with Crippen molar-refractivity contribution in [3.8, 4) is 0 Å². The van der Waals surface area contributed by atoms with E-state index in [1.165, 1.54) is 44.9 Å². The van der Waals surface area contributed by atoms with Crippen molar-refractivity contribution in [2.75, 3.05) is 6.61 Å². The predicted octanol–water partition coefficient (Wildman–Crippen LogP) is 2.48. The first-order valence-electron chi connectivity index (χ1n) is 6.73. The zero-order valence-corrected chi connectivity index (χ0v) is 9.80. The number of hydrogen-bond acceptors (Lipinski definition) is 2. The summed E-state index contributed by atoms with van der Waals surface area (Å²) in [7, 11) is 0. The number of nitrogens with one attached hydrogen (secondary N) is 1. The molecule has 3 aliphatic rings. The van der Waals surface area contributed by atoms with Crippen molar-refractivity contribution in [2.24, 2.45) is 5.41 Å². The molecule has 0 amide bonds. The van der Waals surface area contributed by atoms with Crippen molar-refractivity contribution in [1.29, 1.82) is 0 Å². The highest BCUT2D eigenvalue weighted by Crippen LogP contribution is 2.57. The van der Waals surface area contributed by atoms with E-state index in [1.807, 2.05) is 0 Å². The fourth-order valence-corrected chi connectivity index (χ4v) is 3.53. The number of hydrogen-bond donors (Lipinski definition) is 1. The van der Waals surface area contributed by atoms with Crippen LogP contribution in [-0.4, -0.2) is 24.8 Å². The van der Waals surface area contributed by atoms with Crippen LogP contribution in [0.2, 0.25) is 0 Å². The highest BCUT2D eigenvalue weighted by Gasteiger charge is 2.59. The van der Waals surface area contributed by atoms with E-state index in [4.69, 9.17) is 4.74 Å². The number of rotatable bonds is 4. The van der Waals surface area contributed by atoms with Gasteiger partial charge in [-0.15, -0.1) is 0 Å². The molecule has 15 heavy (non-hydrogen) atoms. The minimum Gasteiger partial charge on any atom is -0.378 e. The minimum absolute atomic E-state index is 0.561. The molecule has 2 nitrogen and oxygen atoms in total. The third-order valence-electron chi connectivity index (χ3n) is 4.98. The monoisotopic (exact) mass is 209 g/mol. The Morgan fingerprint density at radius 3 is 2.53 bits per heavy atom. The molecule has 2 atom stereocenters. The Bertz CT molecular complexity index is 233. The van der Waals surface area contributed by atoms with Crippen LogP contribution in [0, 0.1) is 5.41 Å². The van der Waals surface area contributed by atoms with Gasteiger partial charge >= 0.3 is 0 Å². The highest BCUT2D eigenvalue weighted by molar-refractivity contribution is 5.12. The van der Waals surface area contributed by atoms with Crippen LogP contribution < -0.4 is 5.32 Å². The molecule has 0 aromatic rings. The van der Waals surface area contributed by atoms with Crippen LogP contribution in [-0.2, 0) is 4.74 Å². The summed E-state index contributed by atoms with van der Waals surface area (Å²) in [5, 5.41) is 3.85. The summed E-state index contributed by atoms with van der Waals surface area (Å²) in [5.41, 5.74) is 0.561. The van der Waals surface area contributed by atoms with Gasteiger partial charge in [0.1, 0.15) is 0 Å². The average molecular weight is 209 g/mol. The van der Waals surface area contributed by atoms with Gasteiger partial charge in [-0.25, -0.2) is 0 Å². The average Bonchev–Trinajstić information content (AvgIpc) is 2.03. The molecule has 0 aromatic carbocycles. The Hall–Kier alpha value is -0.0800. The molecule has 0 saturated heterocycles. The first-order valence-corrected chi connectivity index (χ1v) is 6.73. The van der Waals surface area contributed by atoms with Gasteiger partial charge in [-0.3, -0.25) is 0 Å². The van der Waals surface area contributed by atoms with Crippen molar-refractivity contribution in [3.05, 3.63) is 0 Å². The number of ether oxygens (including phenoxy) is 1. The molecule has 86 valence electrons. The SMILES string of the molecule is CCOC1CC(NC2CCC2)C12CCC2. The van der Waals surface area contributed by atoms with Gasteiger partial charge < -0.3 is 10.1 Å². The molecule has 2 unspecified atom stereocenters. The Morgan fingerprint density at radius 1 is 1.27 bits per heavy atom. The van der Waals surface area contributed by atoms with E-state index >= 15 is 0 Å². The highest BCUT2D eigenvalue weighted by atomic mass is 16.5. The van der Waals surface area contributed by atoms with Crippen LogP contribution in [0.15, 0.2) is 0 Å². The van der Waals surface area contributed by atoms with Gasteiger partial charge in [0.05, 0.1) is 6.10 Å². The van der Waals surface area contributed by atoms with Gasteiger partial charge in [0.15, 0.2) is 0 Å². The maximum absolute atomic E-state index is 5.86. The van der Waals surface area contributed by atoms with Crippen molar-refractivity contribution in [3.63, 3.8) is 0 Å². The van der Waals surface area contributed by atoms with Crippen LogP contribution in [0.25, 0.3) is 0 Å². The molecule has 1 N–H and O–H groups in total. The lowest BCUT2D eigenvalue weighted by molar-refractivity contribution is -0.176. The summed E-state index contributed by atoms with van der Waals surface area (Å²) in [5.74, 6) is 0. The summed E-state index contributed by atoms with van der Waals surface area (Å²) < 4.78 is 5.86. The van der Waals surface area contributed by atoms with E-state index < -0.39 is 0 Å². The standard InChI is InChI=1S/C13H23NO/c1-2-15-12-9-11(13(12)7-4-8-13)14-10-5-3-6-10/h10-12,14H,2-9H2,1H3. The molecule has 0 aliphatic heterocycles.